The zero-order chi connectivity index (χ0) is 21.4. The molecule has 4 aromatic rings. The van der Waals surface area contributed by atoms with E-state index in [0.29, 0.717) is 32.7 Å². The van der Waals surface area contributed by atoms with E-state index in [4.69, 9.17) is 23.8 Å². The summed E-state index contributed by atoms with van der Waals surface area (Å²) >= 11 is 11.3. The minimum atomic E-state index is -0.104. The molecule has 0 aliphatic carbocycles. The molecule has 0 radical (unpaired) electrons. The average molecular weight is 435 g/mol. The number of aromatic nitrogens is 2. The summed E-state index contributed by atoms with van der Waals surface area (Å²) in [4.78, 5) is 28.5. The van der Waals surface area contributed by atoms with Gasteiger partial charge in [-0.1, -0.05) is 54.1 Å². The predicted octanol–water partition coefficient (Wildman–Crippen LogP) is 5.38. The van der Waals surface area contributed by atoms with Gasteiger partial charge in [0.05, 0.1) is 15.9 Å². The molecule has 30 heavy (non-hydrogen) atoms. The Labute approximate surface area is 183 Å². The van der Waals surface area contributed by atoms with Crippen LogP contribution in [-0.4, -0.2) is 15.3 Å². The second kappa shape index (κ2) is 8.01. The van der Waals surface area contributed by atoms with Crippen LogP contribution in [0.1, 0.15) is 32.6 Å². The minimum Gasteiger partial charge on any atom is -0.332 e. The van der Waals surface area contributed by atoms with Crippen LogP contribution in [-0.2, 0) is 13.5 Å². The highest BCUT2D eigenvalue weighted by molar-refractivity contribution is 7.71. The van der Waals surface area contributed by atoms with E-state index in [-0.39, 0.29) is 11.3 Å². The lowest BCUT2D eigenvalue weighted by molar-refractivity contribution is 0.103. The number of carbonyl (C=O) groups is 1. The molecule has 1 heterocycles. The van der Waals surface area contributed by atoms with Crippen molar-refractivity contribution in [1.82, 2.24) is 9.55 Å². The molecule has 0 atom stereocenters. The largest absolute Gasteiger partial charge is 0.332 e. The number of aryl methyl sites for hydroxylation is 1. The van der Waals surface area contributed by atoms with E-state index < -0.39 is 0 Å². The van der Waals surface area contributed by atoms with Gasteiger partial charge in [0.1, 0.15) is 0 Å². The Morgan fingerprint density at radius 3 is 2.47 bits per heavy atom. The maximum Gasteiger partial charge on any atom is 0.262 e. The summed E-state index contributed by atoms with van der Waals surface area (Å²) in [5.74, 6) is -0.104. The molecular formula is C24H19ClN2O2S. The lowest BCUT2D eigenvalue weighted by Crippen LogP contribution is -2.20. The first kappa shape index (κ1) is 20.3. The van der Waals surface area contributed by atoms with E-state index in [1.165, 1.54) is 4.57 Å². The van der Waals surface area contributed by atoms with Gasteiger partial charge in [-0.3, -0.25) is 14.2 Å². The summed E-state index contributed by atoms with van der Waals surface area (Å²) in [6.45, 7) is 1.95. The molecule has 0 aliphatic heterocycles. The van der Waals surface area contributed by atoms with Gasteiger partial charge < -0.3 is 4.98 Å². The number of hydrogen-bond donors (Lipinski definition) is 1. The van der Waals surface area contributed by atoms with Gasteiger partial charge in [0.15, 0.2) is 10.6 Å². The zero-order valence-electron chi connectivity index (χ0n) is 16.5. The molecule has 6 heteroatoms. The van der Waals surface area contributed by atoms with Crippen LogP contribution in [0.4, 0.5) is 0 Å². The molecule has 150 valence electrons. The number of benzene rings is 3. The zero-order valence-corrected chi connectivity index (χ0v) is 18.1. The van der Waals surface area contributed by atoms with Crippen LogP contribution < -0.4 is 5.56 Å². The third kappa shape index (κ3) is 3.62. The van der Waals surface area contributed by atoms with E-state index in [1.54, 1.807) is 31.3 Å². The van der Waals surface area contributed by atoms with Gasteiger partial charge in [0.25, 0.3) is 5.56 Å². The standard InChI is InChI=1S/C24H19ClN2O2S/c1-14-17(11-12-20-21(14)23(29)27(2)24(30)26-20)13-15-7-9-16(10-8-15)22(28)18-5-3-4-6-19(18)25/h3-12H,13H2,1-2H3,(H,26,30). The highest BCUT2D eigenvalue weighted by atomic mass is 35.5. The van der Waals surface area contributed by atoms with Gasteiger partial charge in [0, 0.05) is 18.2 Å². The number of aromatic amines is 1. The first-order chi connectivity index (χ1) is 14.4. The van der Waals surface area contributed by atoms with Crippen LogP contribution in [0.5, 0.6) is 0 Å². The number of carbonyl (C=O) groups excluding carboxylic acids is 1. The fourth-order valence-electron chi connectivity index (χ4n) is 3.58. The van der Waals surface area contributed by atoms with Gasteiger partial charge >= 0.3 is 0 Å². The molecule has 1 N–H and O–H groups in total. The molecule has 1 aromatic heterocycles. The van der Waals surface area contributed by atoms with Crippen molar-refractivity contribution < 1.29 is 4.79 Å². The van der Waals surface area contributed by atoms with Crippen LogP contribution in [0.15, 0.2) is 65.5 Å². The second-order valence-electron chi connectivity index (χ2n) is 7.25. The molecule has 0 saturated carbocycles. The minimum absolute atomic E-state index is 0.103. The number of halogens is 1. The number of rotatable bonds is 4. The summed E-state index contributed by atoms with van der Waals surface area (Å²) < 4.78 is 1.85. The van der Waals surface area contributed by atoms with Crippen LogP contribution in [0, 0.1) is 11.7 Å². The summed E-state index contributed by atoms with van der Waals surface area (Å²) in [5.41, 5.74) is 4.74. The summed E-state index contributed by atoms with van der Waals surface area (Å²) in [5, 5.41) is 1.09. The molecule has 0 bridgehead atoms. The van der Waals surface area contributed by atoms with Gasteiger partial charge in [-0.2, -0.15) is 0 Å². The molecule has 0 spiro atoms. The van der Waals surface area contributed by atoms with Crippen molar-refractivity contribution in [2.75, 3.05) is 0 Å². The molecule has 0 aliphatic rings. The third-order valence-electron chi connectivity index (χ3n) is 5.37. The Hall–Kier alpha value is -3.02. The monoisotopic (exact) mass is 434 g/mol. The Morgan fingerprint density at radius 1 is 1.07 bits per heavy atom. The number of fused-ring (bicyclic) bond motifs is 1. The molecule has 0 amide bonds. The first-order valence-corrected chi connectivity index (χ1v) is 10.2. The van der Waals surface area contributed by atoms with Crippen molar-refractivity contribution in [3.8, 4) is 0 Å². The SMILES string of the molecule is Cc1c(Cc2ccc(C(=O)c3ccccc3Cl)cc2)ccc2[nH]c(=S)n(C)c(=O)c12. The molecular weight excluding hydrogens is 416 g/mol. The molecule has 4 rings (SSSR count). The fraction of sp³-hybridized carbons (Fsp3) is 0.125. The van der Waals surface area contributed by atoms with E-state index in [9.17, 15) is 9.59 Å². The number of ketones is 1. The molecule has 0 saturated heterocycles. The van der Waals surface area contributed by atoms with E-state index in [2.05, 4.69) is 4.98 Å². The maximum absolute atomic E-state index is 12.7. The highest BCUT2D eigenvalue weighted by Gasteiger charge is 2.13. The molecule has 0 fully saturated rings. The van der Waals surface area contributed by atoms with Crippen LogP contribution >= 0.6 is 23.8 Å². The summed E-state index contributed by atoms with van der Waals surface area (Å²) in [6, 6.07) is 18.4. The van der Waals surface area contributed by atoms with Crippen molar-refractivity contribution in [2.24, 2.45) is 7.05 Å². The lowest BCUT2D eigenvalue weighted by atomic mass is 9.96. The number of H-pyrrole nitrogens is 1. The number of hydrogen-bond acceptors (Lipinski definition) is 3. The Balaban J connectivity index is 1.65. The topological polar surface area (TPSA) is 54.9 Å². The van der Waals surface area contributed by atoms with Gasteiger partial charge in [0.2, 0.25) is 0 Å². The van der Waals surface area contributed by atoms with Gasteiger partial charge in [-0.05, 0) is 60.5 Å². The van der Waals surface area contributed by atoms with Crippen molar-refractivity contribution >= 4 is 40.5 Å². The van der Waals surface area contributed by atoms with Gasteiger partial charge in [-0.15, -0.1) is 0 Å². The second-order valence-corrected chi connectivity index (χ2v) is 8.04. The Kier molecular flexibility index (Phi) is 5.41. The van der Waals surface area contributed by atoms with E-state index in [1.807, 2.05) is 43.3 Å². The van der Waals surface area contributed by atoms with E-state index >= 15 is 0 Å². The summed E-state index contributed by atoms with van der Waals surface area (Å²) in [7, 11) is 1.67. The quantitative estimate of drug-likeness (QED) is 0.346. The highest BCUT2D eigenvalue weighted by Crippen LogP contribution is 2.22. The van der Waals surface area contributed by atoms with Crippen molar-refractivity contribution in [3.63, 3.8) is 0 Å². The number of nitrogens with zero attached hydrogens (tertiary/aromatic N) is 1. The lowest BCUT2D eigenvalue weighted by Gasteiger charge is -2.11. The van der Waals surface area contributed by atoms with Crippen LogP contribution in [0.2, 0.25) is 5.02 Å². The normalized spacial score (nSPS) is 11.0. The molecule has 0 unspecified atom stereocenters. The number of nitrogens with one attached hydrogen (secondary N) is 1. The Bertz CT molecular complexity index is 1400. The molecule has 3 aromatic carbocycles. The fourth-order valence-corrected chi connectivity index (χ4v) is 3.99. The Morgan fingerprint density at radius 2 is 1.77 bits per heavy atom. The maximum atomic E-state index is 12.7. The van der Waals surface area contributed by atoms with E-state index in [0.717, 1.165) is 22.2 Å². The third-order valence-corrected chi connectivity index (χ3v) is 6.08. The van der Waals surface area contributed by atoms with Crippen LogP contribution in [0.25, 0.3) is 10.9 Å². The smallest absolute Gasteiger partial charge is 0.262 e. The average Bonchev–Trinajstić information content (AvgIpc) is 2.74. The predicted molar refractivity (Wildman–Crippen MR) is 123 cm³/mol. The van der Waals surface area contributed by atoms with Crippen molar-refractivity contribution in [3.05, 3.63) is 109 Å². The summed E-state index contributed by atoms with van der Waals surface area (Å²) in [6.07, 6.45) is 0.654. The molecule has 4 nitrogen and oxygen atoms in total. The first-order valence-electron chi connectivity index (χ1n) is 9.46. The van der Waals surface area contributed by atoms with Crippen molar-refractivity contribution in [2.45, 2.75) is 13.3 Å². The van der Waals surface area contributed by atoms with Crippen molar-refractivity contribution in [1.29, 1.82) is 0 Å². The van der Waals surface area contributed by atoms with Crippen LogP contribution in [0.3, 0.4) is 0 Å². The van der Waals surface area contributed by atoms with Gasteiger partial charge in [-0.25, -0.2) is 0 Å².